The number of benzene rings is 3. The second-order valence-corrected chi connectivity index (χ2v) is 8.10. The number of hydrogen-bond acceptors (Lipinski definition) is 3. The molecule has 0 saturated heterocycles. The highest BCUT2D eigenvalue weighted by Crippen LogP contribution is 2.30. The number of rotatable bonds is 10. The molecule has 3 nitrogen and oxygen atoms in total. The molecular weight excluding hydrogens is 406 g/mol. The Labute approximate surface area is 190 Å². The van der Waals surface area contributed by atoms with Crippen molar-refractivity contribution in [2.45, 2.75) is 26.7 Å². The van der Waals surface area contributed by atoms with Crippen molar-refractivity contribution in [3.63, 3.8) is 0 Å². The summed E-state index contributed by atoms with van der Waals surface area (Å²) in [5, 5.41) is 0.620. The Morgan fingerprint density at radius 1 is 0.871 bits per heavy atom. The third-order valence-corrected chi connectivity index (χ3v) is 5.84. The number of halogens is 1. The van der Waals surface area contributed by atoms with Gasteiger partial charge in [0.2, 0.25) is 0 Å². The summed E-state index contributed by atoms with van der Waals surface area (Å²) >= 11 is 6.02. The smallest absolute Gasteiger partial charge is 0.174 e. The molecule has 0 aromatic heterocycles. The summed E-state index contributed by atoms with van der Waals surface area (Å²) < 4.78 is 5.91. The van der Waals surface area contributed by atoms with E-state index < -0.39 is 0 Å². The molecule has 0 aliphatic carbocycles. The molecule has 0 saturated carbocycles. The molecule has 1 unspecified atom stereocenters. The van der Waals surface area contributed by atoms with Gasteiger partial charge in [0.05, 0.1) is 5.92 Å². The number of Topliss-reactive ketones (excluding diaryl/α,β-unsaturated/α-hetero) is 1. The first-order valence-corrected chi connectivity index (χ1v) is 11.2. The summed E-state index contributed by atoms with van der Waals surface area (Å²) in [6, 6.07) is 23.1. The van der Waals surface area contributed by atoms with E-state index in [4.69, 9.17) is 16.3 Å². The number of carbonyl (C=O) groups excluding carboxylic acids is 1. The van der Waals surface area contributed by atoms with E-state index in [1.54, 1.807) is 24.3 Å². The third kappa shape index (κ3) is 6.19. The van der Waals surface area contributed by atoms with Crippen LogP contribution < -0.4 is 4.74 Å². The van der Waals surface area contributed by atoms with Crippen LogP contribution in [0.1, 0.15) is 46.8 Å². The van der Waals surface area contributed by atoms with Gasteiger partial charge in [0, 0.05) is 17.1 Å². The highest BCUT2D eigenvalue weighted by molar-refractivity contribution is 6.30. The van der Waals surface area contributed by atoms with Crippen molar-refractivity contribution >= 4 is 17.4 Å². The highest BCUT2D eigenvalue weighted by atomic mass is 35.5. The Kier molecular flexibility index (Phi) is 8.27. The predicted octanol–water partition coefficient (Wildman–Crippen LogP) is 6.38. The molecule has 0 spiro atoms. The molecule has 0 amide bonds. The van der Waals surface area contributed by atoms with Crippen LogP contribution in [-0.2, 0) is 0 Å². The maximum Gasteiger partial charge on any atom is 0.174 e. The van der Waals surface area contributed by atoms with Crippen molar-refractivity contribution in [1.29, 1.82) is 0 Å². The zero-order chi connectivity index (χ0) is 22.2. The minimum absolute atomic E-state index is 0.0516. The summed E-state index contributed by atoms with van der Waals surface area (Å²) in [6.45, 7) is 9.93. The minimum atomic E-state index is -0.383. The molecule has 162 valence electrons. The van der Waals surface area contributed by atoms with E-state index in [1.807, 2.05) is 55.5 Å². The number of aryl methyl sites for hydroxylation is 1. The van der Waals surface area contributed by atoms with E-state index in [2.05, 4.69) is 18.7 Å². The van der Waals surface area contributed by atoms with Crippen LogP contribution in [0.5, 0.6) is 5.75 Å². The number of ether oxygens (including phenoxy) is 1. The van der Waals surface area contributed by atoms with Gasteiger partial charge in [-0.2, -0.15) is 0 Å². The first kappa shape index (κ1) is 23.1. The van der Waals surface area contributed by atoms with Crippen molar-refractivity contribution in [3.8, 4) is 5.75 Å². The van der Waals surface area contributed by atoms with Gasteiger partial charge in [-0.15, -0.1) is 0 Å². The molecular formula is C27H30ClNO2. The van der Waals surface area contributed by atoms with Crippen LogP contribution in [0.15, 0.2) is 72.8 Å². The van der Waals surface area contributed by atoms with Crippen molar-refractivity contribution in [3.05, 3.63) is 100 Å². The molecule has 3 aromatic rings. The predicted molar refractivity (Wildman–Crippen MR) is 129 cm³/mol. The standard InChI is InChI=1S/C27H30ClNO2/c1-4-29(5-2)18-19-31-25-16-12-22(13-17-25)26(21-8-6-20(3)7-9-21)27(30)23-10-14-24(28)15-11-23/h6-17,26H,4-5,18-19H2,1-3H3. The zero-order valence-electron chi connectivity index (χ0n) is 18.5. The maximum absolute atomic E-state index is 13.5. The van der Waals surface area contributed by atoms with Crippen molar-refractivity contribution in [1.82, 2.24) is 4.90 Å². The largest absolute Gasteiger partial charge is 0.492 e. The van der Waals surface area contributed by atoms with Gasteiger partial charge in [0.1, 0.15) is 12.4 Å². The summed E-state index contributed by atoms with van der Waals surface area (Å²) in [6.07, 6.45) is 0. The van der Waals surface area contributed by atoms with Crippen molar-refractivity contribution < 1.29 is 9.53 Å². The van der Waals surface area contributed by atoms with E-state index >= 15 is 0 Å². The first-order chi connectivity index (χ1) is 15.0. The van der Waals surface area contributed by atoms with Gasteiger partial charge >= 0.3 is 0 Å². The molecule has 31 heavy (non-hydrogen) atoms. The number of likely N-dealkylation sites (N-methyl/N-ethyl adjacent to an activating group) is 1. The monoisotopic (exact) mass is 435 g/mol. The maximum atomic E-state index is 13.5. The van der Waals surface area contributed by atoms with Crippen molar-refractivity contribution in [2.75, 3.05) is 26.2 Å². The topological polar surface area (TPSA) is 29.5 Å². The molecule has 0 radical (unpaired) electrons. The van der Waals surface area contributed by atoms with Crippen LogP contribution >= 0.6 is 11.6 Å². The van der Waals surface area contributed by atoms with Gasteiger partial charge in [-0.1, -0.05) is 67.4 Å². The Morgan fingerprint density at radius 2 is 1.42 bits per heavy atom. The Morgan fingerprint density at radius 3 is 1.97 bits per heavy atom. The van der Waals surface area contributed by atoms with Crippen LogP contribution in [0.2, 0.25) is 5.02 Å². The fourth-order valence-electron chi connectivity index (χ4n) is 3.62. The van der Waals surface area contributed by atoms with E-state index in [1.165, 1.54) is 5.56 Å². The van der Waals surface area contributed by atoms with Gasteiger partial charge in [-0.25, -0.2) is 0 Å². The van der Waals surface area contributed by atoms with Gasteiger partial charge < -0.3 is 9.64 Å². The number of ketones is 1. The molecule has 0 bridgehead atoms. The van der Waals surface area contributed by atoms with E-state index in [0.717, 1.165) is 36.5 Å². The van der Waals surface area contributed by atoms with Gasteiger partial charge in [0.15, 0.2) is 5.78 Å². The van der Waals surface area contributed by atoms with Crippen LogP contribution in [0.25, 0.3) is 0 Å². The second kappa shape index (κ2) is 11.1. The van der Waals surface area contributed by atoms with E-state index in [-0.39, 0.29) is 11.7 Å². The van der Waals surface area contributed by atoms with E-state index in [9.17, 15) is 4.79 Å². The van der Waals surface area contributed by atoms with Gasteiger partial charge in [-0.05, 0) is 67.5 Å². The lowest BCUT2D eigenvalue weighted by molar-refractivity contribution is 0.0974. The van der Waals surface area contributed by atoms with Gasteiger partial charge in [-0.3, -0.25) is 4.79 Å². The fourth-order valence-corrected chi connectivity index (χ4v) is 3.75. The van der Waals surface area contributed by atoms with Gasteiger partial charge in [0.25, 0.3) is 0 Å². The quantitative estimate of drug-likeness (QED) is 0.346. The lowest BCUT2D eigenvalue weighted by Crippen LogP contribution is -2.27. The zero-order valence-corrected chi connectivity index (χ0v) is 19.2. The minimum Gasteiger partial charge on any atom is -0.492 e. The molecule has 1 atom stereocenters. The summed E-state index contributed by atoms with van der Waals surface area (Å²) in [5.41, 5.74) is 3.73. The van der Waals surface area contributed by atoms with Crippen LogP contribution in [0, 0.1) is 6.92 Å². The van der Waals surface area contributed by atoms with Crippen LogP contribution in [-0.4, -0.2) is 36.9 Å². The summed E-state index contributed by atoms with van der Waals surface area (Å²) in [7, 11) is 0. The lowest BCUT2D eigenvalue weighted by Gasteiger charge is -2.19. The molecule has 0 N–H and O–H groups in total. The van der Waals surface area contributed by atoms with Crippen LogP contribution in [0.4, 0.5) is 0 Å². The lowest BCUT2D eigenvalue weighted by atomic mass is 9.84. The number of nitrogens with zero attached hydrogens (tertiary/aromatic N) is 1. The normalized spacial score (nSPS) is 12.0. The fraction of sp³-hybridized carbons (Fsp3) is 0.296. The van der Waals surface area contributed by atoms with E-state index in [0.29, 0.717) is 17.2 Å². The number of hydrogen-bond donors (Lipinski definition) is 0. The molecule has 0 heterocycles. The Balaban J connectivity index is 1.83. The second-order valence-electron chi connectivity index (χ2n) is 7.66. The Bertz CT molecular complexity index is 962. The average molecular weight is 436 g/mol. The van der Waals surface area contributed by atoms with Crippen LogP contribution in [0.3, 0.4) is 0 Å². The summed E-state index contributed by atoms with van der Waals surface area (Å²) in [5.74, 6) is 0.486. The molecule has 3 rings (SSSR count). The molecule has 0 fully saturated rings. The first-order valence-electron chi connectivity index (χ1n) is 10.8. The molecule has 3 aromatic carbocycles. The highest BCUT2D eigenvalue weighted by Gasteiger charge is 2.24. The SMILES string of the molecule is CCN(CC)CCOc1ccc(C(C(=O)c2ccc(Cl)cc2)c2ccc(C)cc2)cc1. The van der Waals surface area contributed by atoms with Crippen molar-refractivity contribution in [2.24, 2.45) is 0 Å². The molecule has 4 heteroatoms. The third-order valence-electron chi connectivity index (χ3n) is 5.59. The molecule has 0 aliphatic heterocycles. The average Bonchev–Trinajstić information content (AvgIpc) is 2.79. The number of carbonyl (C=O) groups is 1. The summed E-state index contributed by atoms with van der Waals surface area (Å²) in [4.78, 5) is 15.8. The Hall–Kier alpha value is -2.62. The molecule has 0 aliphatic rings.